The first kappa shape index (κ1) is 12.9. The van der Waals surface area contributed by atoms with Crippen LogP contribution >= 0.6 is 31.9 Å². The van der Waals surface area contributed by atoms with Crippen molar-refractivity contribution in [2.24, 2.45) is 11.8 Å². The van der Waals surface area contributed by atoms with Crippen LogP contribution < -0.4 is 0 Å². The highest BCUT2D eigenvalue weighted by Crippen LogP contribution is 2.39. The third-order valence-electron chi connectivity index (χ3n) is 4.28. The zero-order valence-electron chi connectivity index (χ0n) is 10.2. The van der Waals surface area contributed by atoms with Crippen LogP contribution in [-0.2, 0) is 6.54 Å². The maximum absolute atomic E-state index is 9.72. The van der Waals surface area contributed by atoms with E-state index in [2.05, 4.69) is 36.8 Å². The van der Waals surface area contributed by atoms with E-state index in [-0.39, 0.29) is 5.75 Å². The number of halogens is 2. The quantitative estimate of drug-likeness (QED) is 0.840. The van der Waals surface area contributed by atoms with Crippen LogP contribution in [0.2, 0.25) is 0 Å². The normalized spacial score (nSPS) is 27.7. The molecule has 98 valence electrons. The molecule has 18 heavy (non-hydrogen) atoms. The molecule has 1 N–H and O–H groups in total. The van der Waals surface area contributed by atoms with Crippen LogP contribution in [0.15, 0.2) is 21.1 Å². The lowest BCUT2D eigenvalue weighted by molar-refractivity contribution is 0.303. The second-order valence-electron chi connectivity index (χ2n) is 5.55. The summed E-state index contributed by atoms with van der Waals surface area (Å²) in [6.07, 6.45) is 4.27. The van der Waals surface area contributed by atoms with Crippen molar-refractivity contribution >= 4 is 31.9 Å². The highest BCUT2D eigenvalue weighted by atomic mass is 79.9. The number of nitrogens with zero attached hydrogens (tertiary/aromatic N) is 1. The Morgan fingerprint density at radius 1 is 1.11 bits per heavy atom. The topological polar surface area (TPSA) is 23.5 Å². The molecular weight excluding hydrogens is 358 g/mol. The molecule has 1 saturated carbocycles. The van der Waals surface area contributed by atoms with E-state index in [1.807, 2.05) is 12.1 Å². The van der Waals surface area contributed by atoms with Crippen LogP contribution in [0.4, 0.5) is 0 Å². The van der Waals surface area contributed by atoms with Crippen molar-refractivity contribution in [2.75, 3.05) is 13.1 Å². The fourth-order valence-corrected chi connectivity index (χ4v) is 4.71. The van der Waals surface area contributed by atoms with Crippen molar-refractivity contribution < 1.29 is 5.11 Å². The Balaban J connectivity index is 1.70. The lowest BCUT2D eigenvalue weighted by atomic mass is 10.0. The van der Waals surface area contributed by atoms with Crippen molar-refractivity contribution in [1.82, 2.24) is 4.90 Å². The summed E-state index contributed by atoms with van der Waals surface area (Å²) in [6, 6.07) is 4.04. The van der Waals surface area contributed by atoms with Crippen molar-refractivity contribution in [2.45, 2.75) is 25.8 Å². The smallest absolute Gasteiger partial charge is 0.143 e. The average Bonchev–Trinajstić information content (AvgIpc) is 2.86. The molecule has 2 nitrogen and oxygen atoms in total. The monoisotopic (exact) mass is 373 g/mol. The van der Waals surface area contributed by atoms with Crippen LogP contribution in [0.1, 0.15) is 24.8 Å². The van der Waals surface area contributed by atoms with Crippen molar-refractivity contribution in [3.63, 3.8) is 0 Å². The Hall–Kier alpha value is -0.0600. The highest BCUT2D eigenvalue weighted by Gasteiger charge is 2.35. The Morgan fingerprint density at radius 3 is 2.22 bits per heavy atom. The summed E-state index contributed by atoms with van der Waals surface area (Å²) in [5.74, 6) is 2.17. The molecule has 0 spiro atoms. The number of phenolic OH excluding ortho intramolecular Hbond substituents is 1. The summed E-state index contributed by atoms with van der Waals surface area (Å²) in [5.41, 5.74) is 1.26. The van der Waals surface area contributed by atoms with E-state index < -0.39 is 0 Å². The van der Waals surface area contributed by atoms with Gasteiger partial charge in [0, 0.05) is 19.6 Å². The molecule has 1 heterocycles. The standard InChI is InChI=1S/C14H17Br2NO/c15-12-4-9(5-13(16)14(12)18)6-17-7-10-2-1-3-11(10)8-17/h4-5,10-11,18H,1-3,6-8H2. The largest absolute Gasteiger partial charge is 0.506 e. The van der Waals surface area contributed by atoms with Crippen molar-refractivity contribution in [3.8, 4) is 5.75 Å². The van der Waals surface area contributed by atoms with E-state index in [0.717, 1.165) is 27.3 Å². The van der Waals surface area contributed by atoms with E-state index in [4.69, 9.17) is 0 Å². The maximum Gasteiger partial charge on any atom is 0.143 e. The molecule has 4 heteroatoms. The number of aromatic hydroxyl groups is 1. The maximum atomic E-state index is 9.72. The molecule has 1 aliphatic carbocycles. The Labute approximate surface area is 125 Å². The van der Waals surface area contributed by atoms with Gasteiger partial charge in [0.25, 0.3) is 0 Å². The van der Waals surface area contributed by atoms with E-state index in [0.29, 0.717) is 0 Å². The molecule has 2 fully saturated rings. The van der Waals surface area contributed by atoms with Crippen molar-refractivity contribution in [1.29, 1.82) is 0 Å². The zero-order valence-corrected chi connectivity index (χ0v) is 13.4. The Morgan fingerprint density at radius 2 is 1.67 bits per heavy atom. The summed E-state index contributed by atoms with van der Waals surface area (Å²) in [6.45, 7) is 3.49. The number of hydrogen-bond donors (Lipinski definition) is 1. The fourth-order valence-electron chi connectivity index (χ4n) is 3.43. The summed E-state index contributed by atoms with van der Waals surface area (Å²) >= 11 is 6.79. The van der Waals surface area contributed by atoms with Crippen LogP contribution in [0.5, 0.6) is 5.75 Å². The summed E-state index contributed by atoms with van der Waals surface area (Å²) in [7, 11) is 0. The first-order valence-electron chi connectivity index (χ1n) is 6.52. The number of hydrogen-bond acceptors (Lipinski definition) is 2. The number of fused-ring (bicyclic) bond motifs is 1. The van der Waals surface area contributed by atoms with Crippen molar-refractivity contribution in [3.05, 3.63) is 26.6 Å². The molecule has 1 saturated heterocycles. The molecule has 1 aromatic rings. The molecule has 0 radical (unpaired) electrons. The molecule has 3 rings (SSSR count). The fraction of sp³-hybridized carbons (Fsp3) is 0.571. The van der Waals surface area contributed by atoms with E-state index in [9.17, 15) is 5.11 Å². The number of benzene rings is 1. The van der Waals surface area contributed by atoms with Gasteiger partial charge in [-0.05, 0) is 74.2 Å². The molecule has 0 aromatic heterocycles. The molecular formula is C14H17Br2NO. The van der Waals surface area contributed by atoms with Crippen LogP contribution in [-0.4, -0.2) is 23.1 Å². The van der Waals surface area contributed by atoms with Gasteiger partial charge in [-0.3, -0.25) is 4.90 Å². The SMILES string of the molecule is Oc1c(Br)cc(CN2CC3CCCC3C2)cc1Br. The lowest BCUT2D eigenvalue weighted by Crippen LogP contribution is -2.21. The second-order valence-corrected chi connectivity index (χ2v) is 7.26. The van der Waals surface area contributed by atoms with Gasteiger partial charge in [-0.25, -0.2) is 0 Å². The van der Waals surface area contributed by atoms with Crippen LogP contribution in [0.25, 0.3) is 0 Å². The van der Waals surface area contributed by atoms with Gasteiger partial charge in [0.2, 0.25) is 0 Å². The molecule has 1 aromatic carbocycles. The third kappa shape index (κ3) is 2.47. The average molecular weight is 375 g/mol. The highest BCUT2D eigenvalue weighted by molar-refractivity contribution is 9.11. The molecule has 2 aliphatic rings. The number of likely N-dealkylation sites (tertiary alicyclic amines) is 1. The first-order chi connectivity index (χ1) is 8.63. The van der Waals surface area contributed by atoms with Gasteiger partial charge in [0.05, 0.1) is 8.95 Å². The minimum absolute atomic E-state index is 0.289. The van der Waals surface area contributed by atoms with Gasteiger partial charge in [0.15, 0.2) is 0 Å². The molecule has 0 amide bonds. The lowest BCUT2D eigenvalue weighted by Gasteiger charge is -2.17. The number of phenols is 1. The van der Waals surface area contributed by atoms with Gasteiger partial charge >= 0.3 is 0 Å². The van der Waals surface area contributed by atoms with E-state index >= 15 is 0 Å². The second kappa shape index (κ2) is 5.14. The third-order valence-corrected chi connectivity index (χ3v) is 5.49. The summed E-state index contributed by atoms with van der Waals surface area (Å²) < 4.78 is 1.54. The minimum Gasteiger partial charge on any atom is -0.506 e. The van der Waals surface area contributed by atoms with Crippen LogP contribution in [0.3, 0.4) is 0 Å². The van der Waals surface area contributed by atoms with Gasteiger partial charge in [-0.2, -0.15) is 0 Å². The summed E-state index contributed by atoms with van der Waals surface area (Å²) in [4.78, 5) is 2.56. The Kier molecular flexibility index (Phi) is 3.70. The van der Waals surface area contributed by atoms with Gasteiger partial charge in [-0.15, -0.1) is 0 Å². The molecule has 2 atom stereocenters. The predicted octanol–water partition coefficient (Wildman–Crippen LogP) is 4.15. The van der Waals surface area contributed by atoms with Gasteiger partial charge < -0.3 is 5.11 Å². The van der Waals surface area contributed by atoms with Gasteiger partial charge in [0.1, 0.15) is 5.75 Å². The first-order valence-corrected chi connectivity index (χ1v) is 8.11. The predicted molar refractivity (Wildman–Crippen MR) is 79.6 cm³/mol. The molecule has 2 unspecified atom stereocenters. The molecule has 1 aliphatic heterocycles. The van der Waals surface area contributed by atoms with Crippen LogP contribution in [0, 0.1) is 11.8 Å². The molecule has 0 bridgehead atoms. The zero-order chi connectivity index (χ0) is 12.7. The van der Waals surface area contributed by atoms with E-state index in [1.54, 1.807) is 0 Å². The van der Waals surface area contributed by atoms with E-state index in [1.165, 1.54) is 37.9 Å². The number of rotatable bonds is 2. The Bertz CT molecular complexity index is 428. The summed E-state index contributed by atoms with van der Waals surface area (Å²) in [5, 5.41) is 9.72. The minimum atomic E-state index is 0.289. The van der Waals surface area contributed by atoms with Gasteiger partial charge in [-0.1, -0.05) is 6.42 Å².